The normalized spacial score (nSPS) is 10.8. The molecule has 0 atom stereocenters. The van der Waals surface area contributed by atoms with Crippen LogP contribution in [0.2, 0.25) is 15.1 Å². The fraction of sp³-hybridized carbons (Fsp3) is 0.167. The molecule has 5 heteroatoms. The highest BCUT2D eigenvalue weighted by Crippen LogP contribution is 2.31. The zero-order chi connectivity index (χ0) is 12.3. The van der Waals surface area contributed by atoms with Gasteiger partial charge in [-0.05, 0) is 24.3 Å². The Balaban J connectivity index is 2.01. The van der Waals surface area contributed by atoms with Crippen LogP contribution < -0.4 is 5.32 Å². The summed E-state index contributed by atoms with van der Waals surface area (Å²) in [7, 11) is 0. The second-order valence-corrected chi connectivity index (χ2v) is 4.70. The maximum Gasteiger partial charge on any atom is 0.117 e. The van der Waals surface area contributed by atoms with Gasteiger partial charge in [0, 0.05) is 17.1 Å². The van der Waals surface area contributed by atoms with Crippen LogP contribution in [0, 0.1) is 0 Å². The molecule has 1 N–H and O–H groups in total. The first kappa shape index (κ1) is 12.8. The Labute approximate surface area is 114 Å². The smallest absolute Gasteiger partial charge is 0.117 e. The van der Waals surface area contributed by atoms with E-state index < -0.39 is 0 Å². The van der Waals surface area contributed by atoms with E-state index in [1.807, 2.05) is 12.1 Å². The summed E-state index contributed by atoms with van der Waals surface area (Å²) < 4.78 is 5.20. The van der Waals surface area contributed by atoms with Crippen LogP contribution in [0.15, 0.2) is 34.9 Å². The lowest BCUT2D eigenvalue weighted by molar-refractivity contribution is 0.483. The van der Waals surface area contributed by atoms with Gasteiger partial charge < -0.3 is 9.73 Å². The van der Waals surface area contributed by atoms with Crippen LogP contribution >= 0.6 is 34.8 Å². The SMILES string of the molecule is Clc1ccc(Cl)c(CNCc2ccco2)c1Cl. The molecule has 1 heterocycles. The first-order chi connectivity index (χ1) is 8.18. The van der Waals surface area contributed by atoms with E-state index in [1.54, 1.807) is 18.4 Å². The molecular formula is C12H10Cl3NO. The molecule has 0 unspecified atom stereocenters. The Bertz CT molecular complexity index is 497. The van der Waals surface area contributed by atoms with Gasteiger partial charge in [0.05, 0.1) is 22.9 Å². The van der Waals surface area contributed by atoms with E-state index in [9.17, 15) is 0 Å². The van der Waals surface area contributed by atoms with Crippen molar-refractivity contribution in [2.75, 3.05) is 0 Å². The molecule has 0 radical (unpaired) electrons. The standard InChI is InChI=1S/C12H10Cl3NO/c13-10-3-4-11(14)12(15)9(10)7-16-6-8-2-1-5-17-8/h1-5,16H,6-7H2. The Morgan fingerprint density at radius 2 is 1.76 bits per heavy atom. The number of hydrogen-bond acceptors (Lipinski definition) is 2. The molecule has 0 bridgehead atoms. The quantitative estimate of drug-likeness (QED) is 0.837. The lowest BCUT2D eigenvalue weighted by atomic mass is 10.2. The lowest BCUT2D eigenvalue weighted by Crippen LogP contribution is -2.12. The molecule has 2 nitrogen and oxygen atoms in total. The average molecular weight is 291 g/mol. The van der Waals surface area contributed by atoms with Crippen LogP contribution in [-0.2, 0) is 13.1 Å². The molecule has 0 saturated heterocycles. The maximum absolute atomic E-state index is 6.08. The predicted octanol–water partition coefficient (Wildman–Crippen LogP) is 4.53. The number of rotatable bonds is 4. The number of hydrogen-bond donors (Lipinski definition) is 1. The van der Waals surface area contributed by atoms with Gasteiger partial charge in [-0.2, -0.15) is 0 Å². The molecular weight excluding hydrogens is 280 g/mol. The summed E-state index contributed by atoms with van der Waals surface area (Å²) >= 11 is 18.1. The summed E-state index contributed by atoms with van der Waals surface area (Å²) in [6, 6.07) is 7.16. The Morgan fingerprint density at radius 1 is 1.00 bits per heavy atom. The molecule has 0 aliphatic rings. The van der Waals surface area contributed by atoms with E-state index in [4.69, 9.17) is 39.2 Å². The monoisotopic (exact) mass is 289 g/mol. The zero-order valence-electron chi connectivity index (χ0n) is 8.84. The van der Waals surface area contributed by atoms with Crippen molar-refractivity contribution < 1.29 is 4.42 Å². The van der Waals surface area contributed by atoms with Crippen molar-refractivity contribution in [3.8, 4) is 0 Å². The van der Waals surface area contributed by atoms with Crippen molar-refractivity contribution in [1.29, 1.82) is 0 Å². The van der Waals surface area contributed by atoms with Gasteiger partial charge in [0.2, 0.25) is 0 Å². The third-order valence-electron chi connectivity index (χ3n) is 2.32. The minimum atomic E-state index is 0.492. The maximum atomic E-state index is 6.08. The second kappa shape index (κ2) is 5.78. The summed E-state index contributed by atoms with van der Waals surface area (Å²) in [5, 5.41) is 4.79. The minimum absolute atomic E-state index is 0.492. The van der Waals surface area contributed by atoms with Crippen molar-refractivity contribution in [2.45, 2.75) is 13.1 Å². The van der Waals surface area contributed by atoms with E-state index >= 15 is 0 Å². The highest BCUT2D eigenvalue weighted by molar-refractivity contribution is 6.44. The average Bonchev–Trinajstić information content (AvgIpc) is 2.81. The van der Waals surface area contributed by atoms with Gasteiger partial charge in [-0.25, -0.2) is 0 Å². The molecule has 90 valence electrons. The predicted molar refractivity (Wildman–Crippen MR) is 70.7 cm³/mol. The topological polar surface area (TPSA) is 25.2 Å². The Hall–Kier alpha value is -0.670. The summed E-state index contributed by atoms with van der Waals surface area (Å²) in [6.45, 7) is 1.16. The summed E-state index contributed by atoms with van der Waals surface area (Å²) in [5.74, 6) is 0.860. The largest absolute Gasteiger partial charge is 0.468 e. The molecule has 0 saturated carbocycles. The van der Waals surface area contributed by atoms with Crippen LogP contribution in [0.25, 0.3) is 0 Å². The van der Waals surface area contributed by atoms with E-state index in [0.29, 0.717) is 28.2 Å². The third kappa shape index (κ3) is 3.17. The molecule has 2 aromatic rings. The minimum Gasteiger partial charge on any atom is -0.468 e. The van der Waals surface area contributed by atoms with Crippen LogP contribution in [0.1, 0.15) is 11.3 Å². The van der Waals surface area contributed by atoms with Gasteiger partial charge in [0.1, 0.15) is 5.76 Å². The van der Waals surface area contributed by atoms with E-state index in [1.165, 1.54) is 0 Å². The van der Waals surface area contributed by atoms with Gasteiger partial charge in [-0.15, -0.1) is 0 Å². The van der Waals surface area contributed by atoms with Gasteiger partial charge in [-0.1, -0.05) is 34.8 Å². The molecule has 17 heavy (non-hydrogen) atoms. The van der Waals surface area contributed by atoms with E-state index in [0.717, 1.165) is 11.3 Å². The first-order valence-corrected chi connectivity index (χ1v) is 6.17. The summed E-state index contributed by atoms with van der Waals surface area (Å²) in [5.41, 5.74) is 0.799. The second-order valence-electron chi connectivity index (χ2n) is 3.50. The van der Waals surface area contributed by atoms with Gasteiger partial charge in [-0.3, -0.25) is 0 Å². The summed E-state index contributed by atoms with van der Waals surface area (Å²) in [4.78, 5) is 0. The first-order valence-electron chi connectivity index (χ1n) is 5.04. The molecule has 2 rings (SSSR count). The zero-order valence-corrected chi connectivity index (χ0v) is 11.1. The number of nitrogens with one attached hydrogen (secondary N) is 1. The highest BCUT2D eigenvalue weighted by atomic mass is 35.5. The molecule has 0 aliphatic heterocycles. The third-order valence-corrected chi connectivity index (χ3v) is 3.52. The lowest BCUT2D eigenvalue weighted by Gasteiger charge is -2.09. The molecule has 0 spiro atoms. The van der Waals surface area contributed by atoms with Crippen LogP contribution in [0.5, 0.6) is 0 Å². The van der Waals surface area contributed by atoms with Crippen LogP contribution in [0.4, 0.5) is 0 Å². The Morgan fingerprint density at radius 3 is 2.47 bits per heavy atom. The number of halogens is 3. The van der Waals surface area contributed by atoms with Crippen molar-refractivity contribution in [3.05, 3.63) is 56.9 Å². The molecule has 1 aromatic carbocycles. The Kier molecular flexibility index (Phi) is 4.35. The van der Waals surface area contributed by atoms with Crippen LogP contribution in [0.3, 0.4) is 0 Å². The van der Waals surface area contributed by atoms with Gasteiger partial charge in [0.25, 0.3) is 0 Å². The molecule has 0 amide bonds. The highest BCUT2D eigenvalue weighted by Gasteiger charge is 2.09. The van der Waals surface area contributed by atoms with Crippen molar-refractivity contribution >= 4 is 34.8 Å². The van der Waals surface area contributed by atoms with E-state index in [2.05, 4.69) is 5.32 Å². The number of benzene rings is 1. The van der Waals surface area contributed by atoms with E-state index in [-0.39, 0.29) is 0 Å². The molecule has 0 aliphatic carbocycles. The summed E-state index contributed by atoms with van der Waals surface area (Å²) in [6.07, 6.45) is 1.64. The van der Waals surface area contributed by atoms with Crippen molar-refractivity contribution in [2.24, 2.45) is 0 Å². The fourth-order valence-electron chi connectivity index (χ4n) is 1.45. The van der Waals surface area contributed by atoms with Crippen molar-refractivity contribution in [1.82, 2.24) is 5.32 Å². The van der Waals surface area contributed by atoms with Gasteiger partial charge >= 0.3 is 0 Å². The van der Waals surface area contributed by atoms with Gasteiger partial charge in [0.15, 0.2) is 0 Å². The molecule has 0 fully saturated rings. The van der Waals surface area contributed by atoms with Crippen molar-refractivity contribution in [3.63, 3.8) is 0 Å². The van der Waals surface area contributed by atoms with Crippen LogP contribution in [-0.4, -0.2) is 0 Å². The number of furan rings is 1. The molecule has 1 aromatic heterocycles. The fourth-order valence-corrected chi connectivity index (χ4v) is 2.14.